The van der Waals surface area contributed by atoms with Crippen LogP contribution in [0.3, 0.4) is 0 Å². The molecule has 0 amide bonds. The molecule has 0 N–H and O–H groups in total. The van der Waals surface area contributed by atoms with Gasteiger partial charge in [0.25, 0.3) is 0 Å². The van der Waals surface area contributed by atoms with Crippen LogP contribution in [0.15, 0.2) is 52.3 Å². The standard InChI is InChI=1S/C18H13BrFNO3S.Na/c19-13-5-6-16(24-9-11-3-1-2-4-14(11)20)12(7-13)8-17-21-15(10-25-17)18(22)23;/h1-7,10H,8-9H2,(H,22,23);/q;+1/p-1. The molecule has 8 heteroatoms. The summed E-state index contributed by atoms with van der Waals surface area (Å²) in [5.74, 6) is -1.02. The molecule has 0 saturated heterocycles. The second kappa shape index (κ2) is 9.62. The fourth-order valence-electron chi connectivity index (χ4n) is 2.25. The molecule has 0 aliphatic carbocycles. The Morgan fingerprint density at radius 1 is 1.23 bits per heavy atom. The van der Waals surface area contributed by atoms with E-state index in [-0.39, 0.29) is 47.7 Å². The molecule has 3 rings (SSSR count). The van der Waals surface area contributed by atoms with Gasteiger partial charge in [-0.3, -0.25) is 0 Å². The monoisotopic (exact) mass is 443 g/mol. The molecule has 0 bridgehead atoms. The number of carbonyl (C=O) groups excluding carboxylic acids is 1. The first-order chi connectivity index (χ1) is 12.0. The minimum Gasteiger partial charge on any atom is -0.543 e. The fourth-order valence-corrected chi connectivity index (χ4v) is 3.44. The van der Waals surface area contributed by atoms with E-state index in [1.165, 1.54) is 22.8 Å². The van der Waals surface area contributed by atoms with Gasteiger partial charge in [-0.25, -0.2) is 9.37 Å². The molecule has 1 heterocycles. The largest absolute Gasteiger partial charge is 1.00 e. The van der Waals surface area contributed by atoms with Crippen molar-refractivity contribution in [2.45, 2.75) is 13.0 Å². The number of halogens is 2. The van der Waals surface area contributed by atoms with Crippen molar-refractivity contribution < 1.29 is 48.6 Å². The molecule has 0 spiro atoms. The van der Waals surface area contributed by atoms with E-state index in [9.17, 15) is 14.3 Å². The molecule has 0 fully saturated rings. The van der Waals surface area contributed by atoms with Crippen LogP contribution in [0.5, 0.6) is 5.75 Å². The average Bonchev–Trinajstić information content (AvgIpc) is 3.04. The Morgan fingerprint density at radius 2 is 2.00 bits per heavy atom. The molecule has 0 aliphatic rings. The molecule has 0 radical (unpaired) electrons. The predicted molar refractivity (Wildman–Crippen MR) is 94.1 cm³/mol. The Hall–Kier alpha value is -1.25. The van der Waals surface area contributed by atoms with Crippen LogP contribution in [0, 0.1) is 5.82 Å². The van der Waals surface area contributed by atoms with Crippen LogP contribution in [0.4, 0.5) is 4.39 Å². The molecule has 0 unspecified atom stereocenters. The number of thiazole rings is 1. The molecule has 0 saturated carbocycles. The van der Waals surface area contributed by atoms with Gasteiger partial charge in [-0.2, -0.15) is 0 Å². The number of ether oxygens (including phenoxy) is 1. The maximum absolute atomic E-state index is 13.7. The van der Waals surface area contributed by atoms with Crippen molar-refractivity contribution in [1.82, 2.24) is 4.98 Å². The molecule has 0 aliphatic heterocycles. The van der Waals surface area contributed by atoms with Gasteiger partial charge in [-0.15, -0.1) is 11.3 Å². The summed E-state index contributed by atoms with van der Waals surface area (Å²) in [4.78, 5) is 14.9. The Morgan fingerprint density at radius 3 is 2.69 bits per heavy atom. The summed E-state index contributed by atoms with van der Waals surface area (Å²) in [7, 11) is 0. The third-order valence-electron chi connectivity index (χ3n) is 3.47. The summed E-state index contributed by atoms with van der Waals surface area (Å²) in [6.07, 6.45) is 0.407. The first-order valence-electron chi connectivity index (χ1n) is 7.33. The molecule has 3 aromatic rings. The van der Waals surface area contributed by atoms with E-state index >= 15 is 0 Å². The normalized spacial score (nSPS) is 10.2. The number of aromatic carboxylic acids is 1. The number of hydrogen-bond donors (Lipinski definition) is 0. The van der Waals surface area contributed by atoms with Gasteiger partial charge in [0.1, 0.15) is 18.2 Å². The maximum atomic E-state index is 13.7. The van der Waals surface area contributed by atoms with Crippen molar-refractivity contribution in [1.29, 1.82) is 0 Å². The second-order valence-electron chi connectivity index (χ2n) is 5.22. The number of hydrogen-bond acceptors (Lipinski definition) is 5. The SMILES string of the molecule is O=C([O-])c1csc(Cc2cc(Br)ccc2OCc2ccccc2F)n1.[Na+]. The van der Waals surface area contributed by atoms with E-state index in [1.807, 2.05) is 12.1 Å². The van der Waals surface area contributed by atoms with Crippen LogP contribution in [-0.4, -0.2) is 11.0 Å². The van der Waals surface area contributed by atoms with Crippen molar-refractivity contribution in [2.24, 2.45) is 0 Å². The van der Waals surface area contributed by atoms with E-state index in [0.29, 0.717) is 22.7 Å². The fraction of sp³-hybridized carbons (Fsp3) is 0.111. The zero-order valence-corrected chi connectivity index (χ0v) is 18.3. The third-order valence-corrected chi connectivity index (χ3v) is 4.81. The number of nitrogens with zero attached hydrogens (tertiary/aromatic N) is 1. The van der Waals surface area contributed by atoms with E-state index in [4.69, 9.17) is 4.74 Å². The predicted octanol–water partition coefficient (Wildman–Crippen LogP) is 0.582. The number of carboxylic acid groups (broad SMARTS) is 1. The van der Waals surface area contributed by atoms with E-state index < -0.39 is 5.97 Å². The van der Waals surface area contributed by atoms with Gasteiger partial charge in [0.2, 0.25) is 0 Å². The molecule has 1 aromatic heterocycles. The third kappa shape index (κ3) is 5.37. The number of aromatic nitrogens is 1. The van der Waals surface area contributed by atoms with Crippen molar-refractivity contribution in [2.75, 3.05) is 0 Å². The van der Waals surface area contributed by atoms with Gasteiger partial charge >= 0.3 is 29.6 Å². The van der Waals surface area contributed by atoms with Gasteiger partial charge in [-0.1, -0.05) is 34.1 Å². The van der Waals surface area contributed by atoms with Crippen LogP contribution in [0.1, 0.15) is 26.6 Å². The first-order valence-corrected chi connectivity index (χ1v) is 9.00. The summed E-state index contributed by atoms with van der Waals surface area (Å²) < 4.78 is 20.4. The minimum atomic E-state index is -1.30. The Balaban J connectivity index is 0.00000243. The van der Waals surface area contributed by atoms with Crippen molar-refractivity contribution in [3.8, 4) is 5.75 Å². The van der Waals surface area contributed by atoms with Crippen LogP contribution >= 0.6 is 27.3 Å². The summed E-state index contributed by atoms with van der Waals surface area (Å²) in [6, 6.07) is 11.9. The van der Waals surface area contributed by atoms with Gasteiger partial charge in [0.15, 0.2) is 0 Å². The van der Waals surface area contributed by atoms with Crippen LogP contribution in [-0.2, 0) is 13.0 Å². The summed E-state index contributed by atoms with van der Waals surface area (Å²) in [5.41, 5.74) is 1.21. The van der Waals surface area contributed by atoms with Gasteiger partial charge in [0.05, 0.1) is 16.7 Å². The van der Waals surface area contributed by atoms with Crippen molar-refractivity contribution in [3.05, 3.63) is 80.0 Å². The summed E-state index contributed by atoms with van der Waals surface area (Å²) in [6.45, 7) is 0.101. The maximum Gasteiger partial charge on any atom is 1.00 e. The average molecular weight is 444 g/mol. The molecule has 0 atom stereocenters. The Kier molecular flexibility index (Phi) is 7.79. The van der Waals surface area contributed by atoms with E-state index in [2.05, 4.69) is 20.9 Å². The number of benzene rings is 2. The number of carboxylic acids is 1. The first kappa shape index (κ1) is 21.1. The molecular formula is C18H12BrFNNaO3S. The molecular weight excluding hydrogens is 432 g/mol. The molecule has 4 nitrogen and oxygen atoms in total. The molecule has 26 heavy (non-hydrogen) atoms. The van der Waals surface area contributed by atoms with Crippen LogP contribution < -0.4 is 39.4 Å². The minimum absolute atomic E-state index is 0. The van der Waals surface area contributed by atoms with Gasteiger partial charge < -0.3 is 14.6 Å². The zero-order valence-electron chi connectivity index (χ0n) is 13.9. The Labute approximate surface area is 184 Å². The quantitative estimate of drug-likeness (QED) is 0.523. The van der Waals surface area contributed by atoms with Crippen LogP contribution in [0.2, 0.25) is 0 Å². The smallest absolute Gasteiger partial charge is 0.543 e. The van der Waals surface area contributed by atoms with Crippen LogP contribution in [0.25, 0.3) is 0 Å². The zero-order chi connectivity index (χ0) is 17.8. The Bertz CT molecular complexity index is 919. The second-order valence-corrected chi connectivity index (χ2v) is 7.08. The number of rotatable bonds is 6. The van der Waals surface area contributed by atoms with E-state index in [1.54, 1.807) is 24.3 Å². The number of carbonyl (C=O) groups is 1. The molecule has 128 valence electrons. The summed E-state index contributed by atoms with van der Waals surface area (Å²) >= 11 is 4.65. The van der Waals surface area contributed by atoms with Crippen molar-refractivity contribution >= 4 is 33.2 Å². The van der Waals surface area contributed by atoms with Gasteiger partial charge in [-0.05, 0) is 24.3 Å². The van der Waals surface area contributed by atoms with Crippen molar-refractivity contribution in [3.63, 3.8) is 0 Å². The van der Waals surface area contributed by atoms with E-state index in [0.717, 1.165) is 10.0 Å². The van der Waals surface area contributed by atoms with Gasteiger partial charge in [0, 0.05) is 27.4 Å². The summed E-state index contributed by atoms with van der Waals surface area (Å²) in [5, 5.41) is 12.9. The topological polar surface area (TPSA) is 62.2 Å². The molecule has 2 aromatic carbocycles.